The summed E-state index contributed by atoms with van der Waals surface area (Å²) in [5, 5.41) is 10.1. The highest BCUT2D eigenvalue weighted by atomic mass is 35.5. The van der Waals surface area contributed by atoms with Gasteiger partial charge in [0.1, 0.15) is 6.07 Å². The first-order chi connectivity index (χ1) is 9.99. The SMILES string of the molecule is CC(=O)Oc1c(Cl)cc(Cc2ccc(Cl)cc2)cc1C#N. The summed E-state index contributed by atoms with van der Waals surface area (Å²) in [6.07, 6.45) is 0.603. The molecule has 0 saturated heterocycles. The van der Waals surface area contributed by atoms with Gasteiger partial charge in [-0.25, -0.2) is 0 Å². The fraction of sp³-hybridized carbons (Fsp3) is 0.125. The van der Waals surface area contributed by atoms with Gasteiger partial charge in [0, 0.05) is 11.9 Å². The number of hydrogen-bond donors (Lipinski definition) is 0. The Morgan fingerprint density at radius 1 is 1.19 bits per heavy atom. The second-order valence-corrected chi connectivity index (χ2v) is 5.31. The van der Waals surface area contributed by atoms with Crippen molar-refractivity contribution in [3.05, 3.63) is 63.1 Å². The van der Waals surface area contributed by atoms with Gasteiger partial charge in [-0.3, -0.25) is 4.79 Å². The molecule has 0 aliphatic rings. The monoisotopic (exact) mass is 319 g/mol. The molecule has 21 heavy (non-hydrogen) atoms. The van der Waals surface area contributed by atoms with Gasteiger partial charge in [-0.1, -0.05) is 35.3 Å². The number of ether oxygens (including phenoxy) is 1. The third kappa shape index (κ3) is 3.98. The molecule has 0 N–H and O–H groups in total. The lowest BCUT2D eigenvalue weighted by Crippen LogP contribution is -2.04. The summed E-state index contributed by atoms with van der Waals surface area (Å²) in [5.41, 5.74) is 2.14. The molecule has 2 aromatic carbocycles. The lowest BCUT2D eigenvalue weighted by atomic mass is 10.0. The Hall–Kier alpha value is -2.02. The van der Waals surface area contributed by atoms with Crippen LogP contribution in [0.3, 0.4) is 0 Å². The first-order valence-corrected chi connectivity index (χ1v) is 6.90. The summed E-state index contributed by atoms with van der Waals surface area (Å²) in [6, 6.07) is 12.8. The molecule has 2 aromatic rings. The molecule has 0 fully saturated rings. The molecule has 0 bridgehead atoms. The average molecular weight is 320 g/mol. The van der Waals surface area contributed by atoms with Crippen LogP contribution in [0.4, 0.5) is 0 Å². The van der Waals surface area contributed by atoms with Crippen molar-refractivity contribution in [3.8, 4) is 11.8 Å². The van der Waals surface area contributed by atoms with Gasteiger partial charge in [0.2, 0.25) is 0 Å². The molecule has 0 heterocycles. The Labute approximate surface area is 132 Å². The van der Waals surface area contributed by atoms with Crippen LogP contribution in [0.1, 0.15) is 23.6 Å². The lowest BCUT2D eigenvalue weighted by molar-refractivity contribution is -0.131. The van der Waals surface area contributed by atoms with Crippen molar-refractivity contribution < 1.29 is 9.53 Å². The summed E-state index contributed by atoms with van der Waals surface area (Å²) < 4.78 is 4.98. The number of halogens is 2. The van der Waals surface area contributed by atoms with Crippen molar-refractivity contribution in [2.24, 2.45) is 0 Å². The minimum absolute atomic E-state index is 0.103. The number of nitrogens with zero attached hydrogens (tertiary/aromatic N) is 1. The van der Waals surface area contributed by atoms with Crippen LogP contribution >= 0.6 is 23.2 Å². The van der Waals surface area contributed by atoms with E-state index in [1.54, 1.807) is 24.3 Å². The number of hydrogen-bond acceptors (Lipinski definition) is 3. The van der Waals surface area contributed by atoms with Crippen LogP contribution in [0.5, 0.6) is 5.75 Å². The highest BCUT2D eigenvalue weighted by Crippen LogP contribution is 2.31. The fourth-order valence-electron chi connectivity index (χ4n) is 1.92. The molecule has 0 radical (unpaired) electrons. The molecule has 5 heteroatoms. The van der Waals surface area contributed by atoms with Crippen LogP contribution in [-0.2, 0) is 11.2 Å². The van der Waals surface area contributed by atoms with Gasteiger partial charge in [0.25, 0.3) is 0 Å². The van der Waals surface area contributed by atoms with Crippen LogP contribution < -0.4 is 4.74 Å². The maximum absolute atomic E-state index is 11.0. The van der Waals surface area contributed by atoms with Gasteiger partial charge in [0.15, 0.2) is 5.75 Å². The van der Waals surface area contributed by atoms with Crippen molar-refractivity contribution in [2.75, 3.05) is 0 Å². The molecule has 0 saturated carbocycles. The van der Waals surface area contributed by atoms with Crippen molar-refractivity contribution in [3.63, 3.8) is 0 Å². The molecule has 0 spiro atoms. The van der Waals surface area contributed by atoms with Crippen LogP contribution in [0.25, 0.3) is 0 Å². The number of benzene rings is 2. The standard InChI is InChI=1S/C16H11Cl2NO2/c1-10(20)21-16-13(9-19)7-12(8-15(16)18)6-11-2-4-14(17)5-3-11/h2-5,7-8H,6H2,1H3. The summed E-state index contributed by atoms with van der Waals surface area (Å²) in [4.78, 5) is 11.0. The van der Waals surface area contributed by atoms with E-state index in [1.807, 2.05) is 18.2 Å². The molecule has 0 amide bonds. The van der Waals surface area contributed by atoms with E-state index < -0.39 is 5.97 Å². The van der Waals surface area contributed by atoms with E-state index in [0.717, 1.165) is 11.1 Å². The highest BCUT2D eigenvalue weighted by Gasteiger charge is 2.13. The molecule has 0 unspecified atom stereocenters. The van der Waals surface area contributed by atoms with E-state index in [2.05, 4.69) is 0 Å². The Kier molecular flexibility index (Phi) is 4.85. The van der Waals surface area contributed by atoms with Crippen molar-refractivity contribution in [1.29, 1.82) is 5.26 Å². The third-order valence-corrected chi connectivity index (χ3v) is 3.32. The normalized spacial score (nSPS) is 10.0. The number of esters is 1. The number of nitriles is 1. The maximum atomic E-state index is 11.0. The smallest absolute Gasteiger partial charge is 0.308 e. The average Bonchev–Trinajstić information content (AvgIpc) is 2.43. The Balaban J connectivity index is 2.34. The zero-order valence-electron chi connectivity index (χ0n) is 11.2. The van der Waals surface area contributed by atoms with E-state index in [0.29, 0.717) is 11.4 Å². The molecular formula is C16H11Cl2NO2. The summed E-state index contributed by atoms with van der Waals surface area (Å²) in [6.45, 7) is 1.26. The van der Waals surface area contributed by atoms with Crippen LogP contribution in [0, 0.1) is 11.3 Å². The number of carbonyl (C=O) groups excluding carboxylic acids is 1. The topological polar surface area (TPSA) is 50.1 Å². The lowest BCUT2D eigenvalue weighted by Gasteiger charge is -2.09. The second kappa shape index (κ2) is 6.62. The molecule has 0 aliphatic carbocycles. The third-order valence-electron chi connectivity index (χ3n) is 2.79. The van der Waals surface area contributed by atoms with Gasteiger partial charge in [-0.15, -0.1) is 0 Å². The van der Waals surface area contributed by atoms with E-state index in [1.165, 1.54) is 6.92 Å². The van der Waals surface area contributed by atoms with Crippen molar-refractivity contribution >= 4 is 29.2 Å². The van der Waals surface area contributed by atoms with Gasteiger partial charge in [-0.2, -0.15) is 5.26 Å². The summed E-state index contributed by atoms with van der Waals surface area (Å²) >= 11 is 11.9. The van der Waals surface area contributed by atoms with Gasteiger partial charge >= 0.3 is 5.97 Å². The minimum Gasteiger partial charge on any atom is -0.424 e. The Morgan fingerprint density at radius 3 is 2.43 bits per heavy atom. The Morgan fingerprint density at radius 2 is 1.86 bits per heavy atom. The second-order valence-electron chi connectivity index (χ2n) is 4.46. The van der Waals surface area contributed by atoms with E-state index in [-0.39, 0.29) is 16.3 Å². The van der Waals surface area contributed by atoms with Crippen molar-refractivity contribution in [2.45, 2.75) is 13.3 Å². The maximum Gasteiger partial charge on any atom is 0.308 e. The van der Waals surface area contributed by atoms with Crippen LogP contribution in [0.15, 0.2) is 36.4 Å². The molecule has 106 valence electrons. The summed E-state index contributed by atoms with van der Waals surface area (Å²) in [5.74, 6) is -0.412. The quantitative estimate of drug-likeness (QED) is 0.623. The van der Waals surface area contributed by atoms with E-state index >= 15 is 0 Å². The number of rotatable bonds is 3. The van der Waals surface area contributed by atoms with E-state index in [9.17, 15) is 4.79 Å². The molecule has 0 atom stereocenters. The van der Waals surface area contributed by atoms with Gasteiger partial charge < -0.3 is 4.74 Å². The zero-order chi connectivity index (χ0) is 15.4. The molecule has 2 rings (SSSR count). The first kappa shape index (κ1) is 15.4. The van der Waals surface area contributed by atoms with Gasteiger partial charge in [-0.05, 0) is 41.8 Å². The molecule has 0 aromatic heterocycles. The zero-order valence-corrected chi connectivity index (χ0v) is 12.7. The van der Waals surface area contributed by atoms with Crippen molar-refractivity contribution in [1.82, 2.24) is 0 Å². The largest absolute Gasteiger partial charge is 0.424 e. The van der Waals surface area contributed by atoms with E-state index in [4.69, 9.17) is 33.2 Å². The highest BCUT2D eigenvalue weighted by molar-refractivity contribution is 6.32. The fourth-order valence-corrected chi connectivity index (χ4v) is 2.33. The predicted octanol–water partition coefficient (Wildman–Crippen LogP) is 4.38. The predicted molar refractivity (Wildman–Crippen MR) is 81.7 cm³/mol. The Bertz CT molecular complexity index is 718. The summed E-state index contributed by atoms with van der Waals surface area (Å²) in [7, 11) is 0. The number of carbonyl (C=O) groups is 1. The van der Waals surface area contributed by atoms with Gasteiger partial charge in [0.05, 0.1) is 10.6 Å². The molecule has 0 aliphatic heterocycles. The minimum atomic E-state index is -0.515. The first-order valence-electron chi connectivity index (χ1n) is 6.15. The molecule has 3 nitrogen and oxygen atoms in total. The van der Waals surface area contributed by atoms with Crippen LogP contribution in [-0.4, -0.2) is 5.97 Å². The van der Waals surface area contributed by atoms with Crippen LogP contribution in [0.2, 0.25) is 10.0 Å². The molecular weight excluding hydrogens is 309 g/mol.